The highest BCUT2D eigenvalue weighted by Gasteiger charge is 2.17. The van der Waals surface area contributed by atoms with Crippen molar-refractivity contribution in [2.75, 3.05) is 5.32 Å². The molecule has 1 fully saturated rings. The maximum atomic E-state index is 11.5. The second-order valence-electron chi connectivity index (χ2n) is 4.30. The summed E-state index contributed by atoms with van der Waals surface area (Å²) in [7, 11) is -4.27. The Labute approximate surface area is 111 Å². The minimum atomic E-state index is -4.27. The molecule has 0 atom stereocenters. The van der Waals surface area contributed by atoms with Crippen LogP contribution in [0.3, 0.4) is 0 Å². The first-order valence-corrected chi connectivity index (χ1v) is 7.21. The number of allylic oxidation sites excluding steroid dienone is 1. The van der Waals surface area contributed by atoms with Crippen LogP contribution in [0.1, 0.15) is 12.8 Å². The van der Waals surface area contributed by atoms with E-state index in [0.717, 1.165) is 12.8 Å². The lowest BCUT2D eigenvalue weighted by Gasteiger charge is -2.05. The van der Waals surface area contributed by atoms with Gasteiger partial charge >= 0.3 is 6.03 Å². The SMILES string of the molecule is O=C(N/C=C/C1CC1)Nc1cccc(S(=O)(=O)O)c1. The number of nitrogens with one attached hydrogen (secondary N) is 2. The van der Waals surface area contributed by atoms with Crippen molar-refractivity contribution in [3.63, 3.8) is 0 Å². The molecule has 102 valence electrons. The van der Waals surface area contributed by atoms with E-state index in [1.54, 1.807) is 6.20 Å². The van der Waals surface area contributed by atoms with Crippen molar-refractivity contribution >= 4 is 21.8 Å². The topological polar surface area (TPSA) is 95.5 Å². The minimum Gasteiger partial charge on any atom is -0.315 e. The quantitative estimate of drug-likeness (QED) is 0.736. The van der Waals surface area contributed by atoms with Crippen LogP contribution in [0, 0.1) is 5.92 Å². The average molecular weight is 282 g/mol. The minimum absolute atomic E-state index is 0.265. The van der Waals surface area contributed by atoms with Crippen molar-refractivity contribution in [3.05, 3.63) is 36.5 Å². The third kappa shape index (κ3) is 4.38. The normalized spacial score (nSPS) is 15.4. The van der Waals surface area contributed by atoms with Crippen molar-refractivity contribution in [1.29, 1.82) is 0 Å². The fourth-order valence-corrected chi connectivity index (χ4v) is 1.98. The number of urea groups is 1. The van der Waals surface area contributed by atoms with Crippen LogP contribution >= 0.6 is 0 Å². The maximum absolute atomic E-state index is 11.5. The van der Waals surface area contributed by atoms with Gasteiger partial charge in [0.15, 0.2) is 0 Å². The Balaban J connectivity index is 1.96. The molecule has 0 bridgehead atoms. The van der Waals surface area contributed by atoms with Crippen LogP contribution in [0.4, 0.5) is 10.5 Å². The predicted octanol–water partition coefficient (Wildman–Crippen LogP) is 1.98. The number of rotatable bonds is 4. The molecule has 0 saturated heterocycles. The van der Waals surface area contributed by atoms with Gasteiger partial charge in [0.05, 0.1) is 4.90 Å². The first kappa shape index (κ1) is 13.6. The van der Waals surface area contributed by atoms with Crippen LogP contribution in [-0.2, 0) is 10.1 Å². The van der Waals surface area contributed by atoms with Crippen LogP contribution in [-0.4, -0.2) is 19.0 Å². The molecular formula is C12H14N2O4S. The Morgan fingerprint density at radius 1 is 1.37 bits per heavy atom. The lowest BCUT2D eigenvalue weighted by atomic mass is 10.3. The number of carbonyl (C=O) groups excluding carboxylic acids is 1. The Morgan fingerprint density at radius 2 is 2.11 bits per heavy atom. The zero-order valence-corrected chi connectivity index (χ0v) is 10.9. The van der Waals surface area contributed by atoms with Gasteiger partial charge in [0.1, 0.15) is 0 Å². The summed E-state index contributed by atoms with van der Waals surface area (Å²) in [5.74, 6) is 0.558. The molecule has 2 amide bonds. The highest BCUT2D eigenvalue weighted by Crippen LogP contribution is 2.29. The molecule has 2 rings (SSSR count). The molecule has 0 radical (unpaired) electrons. The average Bonchev–Trinajstić information content (AvgIpc) is 3.12. The molecule has 0 aromatic heterocycles. The molecule has 3 N–H and O–H groups in total. The zero-order chi connectivity index (χ0) is 13.9. The van der Waals surface area contributed by atoms with Crippen LogP contribution in [0.15, 0.2) is 41.4 Å². The summed E-state index contributed by atoms with van der Waals surface area (Å²) < 4.78 is 30.8. The molecule has 0 heterocycles. The summed E-state index contributed by atoms with van der Waals surface area (Å²) in [6.45, 7) is 0. The van der Waals surface area contributed by atoms with E-state index in [2.05, 4.69) is 10.6 Å². The Morgan fingerprint density at radius 3 is 2.74 bits per heavy atom. The van der Waals surface area contributed by atoms with E-state index in [0.29, 0.717) is 5.92 Å². The van der Waals surface area contributed by atoms with E-state index in [1.807, 2.05) is 6.08 Å². The van der Waals surface area contributed by atoms with E-state index in [1.165, 1.54) is 24.3 Å². The van der Waals surface area contributed by atoms with Gasteiger partial charge in [-0.2, -0.15) is 8.42 Å². The lowest BCUT2D eigenvalue weighted by Crippen LogP contribution is -2.23. The van der Waals surface area contributed by atoms with E-state index in [9.17, 15) is 13.2 Å². The summed E-state index contributed by atoms with van der Waals surface area (Å²) in [4.78, 5) is 11.2. The van der Waals surface area contributed by atoms with Crippen LogP contribution in [0.5, 0.6) is 0 Å². The first-order valence-electron chi connectivity index (χ1n) is 5.77. The lowest BCUT2D eigenvalue weighted by molar-refractivity contribution is 0.255. The van der Waals surface area contributed by atoms with E-state index in [-0.39, 0.29) is 10.6 Å². The number of benzene rings is 1. The van der Waals surface area contributed by atoms with Gasteiger partial charge in [-0.05, 0) is 37.0 Å². The molecule has 0 spiro atoms. The first-order chi connectivity index (χ1) is 8.95. The zero-order valence-electron chi connectivity index (χ0n) is 10.0. The van der Waals surface area contributed by atoms with Crippen LogP contribution < -0.4 is 10.6 Å². The number of anilines is 1. The largest absolute Gasteiger partial charge is 0.323 e. The van der Waals surface area contributed by atoms with Gasteiger partial charge in [0.2, 0.25) is 0 Å². The monoisotopic (exact) mass is 282 g/mol. The number of carbonyl (C=O) groups is 1. The molecule has 1 saturated carbocycles. The van der Waals surface area contributed by atoms with Gasteiger partial charge in [-0.3, -0.25) is 4.55 Å². The van der Waals surface area contributed by atoms with Gasteiger partial charge < -0.3 is 10.6 Å². The van der Waals surface area contributed by atoms with Crippen LogP contribution in [0.2, 0.25) is 0 Å². The number of hydrogen-bond donors (Lipinski definition) is 3. The van der Waals surface area contributed by atoms with E-state index in [4.69, 9.17) is 4.55 Å². The van der Waals surface area contributed by atoms with Gasteiger partial charge in [-0.25, -0.2) is 4.79 Å². The van der Waals surface area contributed by atoms with Gasteiger partial charge in [-0.1, -0.05) is 12.1 Å². The van der Waals surface area contributed by atoms with E-state index >= 15 is 0 Å². The molecule has 6 nitrogen and oxygen atoms in total. The molecular weight excluding hydrogens is 268 g/mol. The summed E-state index contributed by atoms with van der Waals surface area (Å²) in [6, 6.07) is 4.91. The summed E-state index contributed by atoms with van der Waals surface area (Å²) >= 11 is 0. The van der Waals surface area contributed by atoms with Gasteiger partial charge in [-0.15, -0.1) is 0 Å². The molecule has 1 aromatic rings. The molecule has 7 heteroatoms. The molecule has 19 heavy (non-hydrogen) atoms. The molecule has 1 aliphatic rings. The second kappa shape index (κ2) is 5.41. The number of amides is 2. The summed E-state index contributed by atoms with van der Waals surface area (Å²) in [6.07, 6.45) is 5.78. The van der Waals surface area contributed by atoms with Crippen molar-refractivity contribution in [1.82, 2.24) is 5.32 Å². The number of hydrogen-bond acceptors (Lipinski definition) is 3. The highest BCUT2D eigenvalue weighted by atomic mass is 32.2. The third-order valence-electron chi connectivity index (χ3n) is 2.59. The Bertz CT molecular complexity index is 606. The third-order valence-corrected chi connectivity index (χ3v) is 3.44. The van der Waals surface area contributed by atoms with E-state index < -0.39 is 16.1 Å². The fraction of sp³-hybridized carbons (Fsp3) is 0.250. The Kier molecular flexibility index (Phi) is 3.87. The Hall–Kier alpha value is -1.86. The highest BCUT2D eigenvalue weighted by molar-refractivity contribution is 7.85. The van der Waals surface area contributed by atoms with Gasteiger partial charge in [0.25, 0.3) is 10.1 Å². The predicted molar refractivity (Wildman–Crippen MR) is 70.3 cm³/mol. The maximum Gasteiger partial charge on any atom is 0.323 e. The molecule has 0 unspecified atom stereocenters. The molecule has 1 aromatic carbocycles. The van der Waals surface area contributed by atoms with Crippen molar-refractivity contribution in [2.45, 2.75) is 17.7 Å². The van der Waals surface area contributed by atoms with Crippen LogP contribution in [0.25, 0.3) is 0 Å². The molecule has 1 aliphatic carbocycles. The standard InChI is InChI=1S/C12H14N2O4S/c15-12(13-7-6-9-4-5-9)14-10-2-1-3-11(8-10)19(16,17)18/h1-3,6-9H,4-5H2,(H2,13,14,15)(H,16,17,18)/b7-6+. The van der Waals surface area contributed by atoms with Crippen molar-refractivity contribution < 1.29 is 17.8 Å². The summed E-state index contributed by atoms with van der Waals surface area (Å²) in [5, 5.41) is 4.99. The van der Waals surface area contributed by atoms with Crippen molar-refractivity contribution in [3.8, 4) is 0 Å². The van der Waals surface area contributed by atoms with Gasteiger partial charge in [0, 0.05) is 11.9 Å². The second-order valence-corrected chi connectivity index (χ2v) is 5.72. The summed E-state index contributed by atoms with van der Waals surface area (Å²) in [5.41, 5.74) is 0.285. The fourth-order valence-electron chi connectivity index (χ4n) is 1.45. The van der Waals surface area contributed by atoms with Crippen molar-refractivity contribution in [2.24, 2.45) is 5.92 Å². The molecule has 0 aliphatic heterocycles. The smallest absolute Gasteiger partial charge is 0.315 e.